The molecule has 0 spiro atoms. The van der Waals surface area contributed by atoms with Crippen LogP contribution < -0.4 is 14.8 Å². The summed E-state index contributed by atoms with van der Waals surface area (Å²) in [4.78, 5) is 11.5. The number of rotatable bonds is 4. The Balaban J connectivity index is 1.75. The number of nitrogens with one attached hydrogen (secondary N) is 1. The van der Waals surface area contributed by atoms with E-state index in [4.69, 9.17) is 9.47 Å². The van der Waals surface area contributed by atoms with Crippen LogP contribution in [0.4, 0.5) is 11.5 Å². The van der Waals surface area contributed by atoms with Crippen LogP contribution in [-0.4, -0.2) is 24.2 Å². The Morgan fingerprint density at radius 1 is 1.16 bits per heavy atom. The van der Waals surface area contributed by atoms with Gasteiger partial charge in [0.25, 0.3) is 0 Å². The largest absolute Gasteiger partial charge is 0.493 e. The average molecular weight is 355 g/mol. The Morgan fingerprint density at radius 3 is 2.80 bits per heavy atom. The minimum Gasteiger partial charge on any atom is -0.493 e. The maximum absolute atomic E-state index is 5.39. The Kier molecular flexibility index (Phi) is 4.21. The highest BCUT2D eigenvalue weighted by atomic mass is 32.1. The fraction of sp³-hybridized carbons (Fsp3) is 0.368. The number of methoxy groups -OCH3 is 2. The SMILES string of the molecule is COc1ccc(Nc2ncnc3sc4c(c23)CCC(C)C4)cc1OC. The molecule has 0 fully saturated rings. The monoisotopic (exact) mass is 355 g/mol. The van der Waals surface area contributed by atoms with Crippen molar-refractivity contribution in [2.45, 2.75) is 26.2 Å². The minimum absolute atomic E-state index is 0.693. The second-order valence-corrected chi connectivity index (χ2v) is 7.53. The predicted molar refractivity (Wildman–Crippen MR) is 101 cm³/mol. The van der Waals surface area contributed by atoms with Gasteiger partial charge >= 0.3 is 0 Å². The van der Waals surface area contributed by atoms with Gasteiger partial charge in [0.15, 0.2) is 11.5 Å². The van der Waals surface area contributed by atoms with Crippen molar-refractivity contribution >= 4 is 33.1 Å². The molecule has 0 saturated carbocycles. The van der Waals surface area contributed by atoms with Crippen molar-refractivity contribution in [3.63, 3.8) is 0 Å². The zero-order chi connectivity index (χ0) is 17.4. The first-order valence-corrected chi connectivity index (χ1v) is 9.25. The van der Waals surface area contributed by atoms with Gasteiger partial charge in [-0.2, -0.15) is 0 Å². The molecular weight excluding hydrogens is 334 g/mol. The van der Waals surface area contributed by atoms with Crippen molar-refractivity contribution < 1.29 is 9.47 Å². The van der Waals surface area contributed by atoms with Crippen LogP contribution in [0.15, 0.2) is 24.5 Å². The van der Waals surface area contributed by atoms with Crippen LogP contribution in [0.3, 0.4) is 0 Å². The highest BCUT2D eigenvalue weighted by molar-refractivity contribution is 7.19. The van der Waals surface area contributed by atoms with Gasteiger partial charge in [0.2, 0.25) is 0 Å². The number of hydrogen-bond acceptors (Lipinski definition) is 6. The molecule has 0 saturated heterocycles. The fourth-order valence-corrected chi connectivity index (χ4v) is 4.77. The lowest BCUT2D eigenvalue weighted by atomic mass is 9.89. The van der Waals surface area contributed by atoms with E-state index in [9.17, 15) is 0 Å². The van der Waals surface area contributed by atoms with Gasteiger partial charge < -0.3 is 14.8 Å². The van der Waals surface area contributed by atoms with Crippen LogP contribution in [0.1, 0.15) is 23.8 Å². The number of thiophene rings is 1. The number of aromatic nitrogens is 2. The second-order valence-electron chi connectivity index (χ2n) is 6.45. The molecule has 2 heterocycles. The molecular formula is C19H21N3O2S. The molecule has 0 radical (unpaired) electrons. The van der Waals surface area contributed by atoms with E-state index in [2.05, 4.69) is 22.2 Å². The lowest BCUT2D eigenvalue weighted by molar-refractivity contribution is 0.355. The third kappa shape index (κ3) is 2.91. The van der Waals surface area contributed by atoms with E-state index in [-0.39, 0.29) is 0 Å². The number of hydrogen-bond donors (Lipinski definition) is 1. The zero-order valence-corrected chi connectivity index (χ0v) is 15.4. The molecule has 1 aliphatic carbocycles. The second kappa shape index (κ2) is 6.52. The summed E-state index contributed by atoms with van der Waals surface area (Å²) in [6, 6.07) is 5.79. The van der Waals surface area contributed by atoms with E-state index in [0.29, 0.717) is 11.5 Å². The van der Waals surface area contributed by atoms with Gasteiger partial charge in [-0.05, 0) is 42.9 Å². The van der Waals surface area contributed by atoms with Crippen molar-refractivity contribution in [1.82, 2.24) is 9.97 Å². The summed E-state index contributed by atoms with van der Waals surface area (Å²) in [5, 5.41) is 4.61. The third-order valence-corrected chi connectivity index (χ3v) is 5.90. The molecule has 130 valence electrons. The number of nitrogens with zero attached hydrogens (tertiary/aromatic N) is 2. The molecule has 2 aromatic heterocycles. The first-order valence-electron chi connectivity index (χ1n) is 8.44. The van der Waals surface area contributed by atoms with Crippen molar-refractivity contribution in [1.29, 1.82) is 0 Å². The van der Waals surface area contributed by atoms with Gasteiger partial charge in [-0.15, -0.1) is 11.3 Å². The van der Waals surface area contributed by atoms with E-state index in [1.54, 1.807) is 31.9 Å². The van der Waals surface area contributed by atoms with Gasteiger partial charge in [0, 0.05) is 16.6 Å². The summed E-state index contributed by atoms with van der Waals surface area (Å²) in [7, 11) is 3.28. The normalized spacial score (nSPS) is 16.5. The Bertz CT molecular complexity index is 922. The van der Waals surface area contributed by atoms with Crippen LogP contribution in [0.5, 0.6) is 11.5 Å². The van der Waals surface area contributed by atoms with Crippen molar-refractivity contribution in [3.05, 3.63) is 35.0 Å². The van der Waals surface area contributed by atoms with Gasteiger partial charge in [-0.3, -0.25) is 0 Å². The smallest absolute Gasteiger partial charge is 0.162 e. The number of anilines is 2. The molecule has 25 heavy (non-hydrogen) atoms. The summed E-state index contributed by atoms with van der Waals surface area (Å²) < 4.78 is 10.7. The molecule has 6 heteroatoms. The first-order chi connectivity index (χ1) is 12.2. The summed E-state index contributed by atoms with van der Waals surface area (Å²) in [6.07, 6.45) is 5.11. The summed E-state index contributed by atoms with van der Waals surface area (Å²) >= 11 is 1.81. The highest BCUT2D eigenvalue weighted by Crippen LogP contribution is 2.40. The van der Waals surface area contributed by atoms with Gasteiger partial charge in [-0.1, -0.05) is 6.92 Å². The van der Waals surface area contributed by atoms with Crippen LogP contribution in [0.25, 0.3) is 10.2 Å². The molecule has 1 N–H and O–H groups in total. The van der Waals surface area contributed by atoms with Crippen LogP contribution in [0.2, 0.25) is 0 Å². The van der Waals surface area contributed by atoms with Crippen molar-refractivity contribution in [2.75, 3.05) is 19.5 Å². The molecule has 1 atom stereocenters. The Labute approximate surface area is 151 Å². The standard InChI is InChI=1S/C19H21N3O2S/c1-11-4-6-13-16(8-11)25-19-17(13)18(20-10-21-19)22-12-5-7-14(23-2)15(9-12)24-3/h5,7,9-11H,4,6,8H2,1-3H3,(H,20,21,22). The number of aryl methyl sites for hydroxylation is 1. The summed E-state index contributed by atoms with van der Waals surface area (Å²) in [5.74, 6) is 3.02. The van der Waals surface area contributed by atoms with Crippen LogP contribution in [-0.2, 0) is 12.8 Å². The Hall–Kier alpha value is -2.34. The maximum atomic E-state index is 5.39. The molecule has 0 aliphatic heterocycles. The zero-order valence-electron chi connectivity index (χ0n) is 14.6. The molecule has 0 bridgehead atoms. The molecule has 3 aromatic rings. The van der Waals surface area contributed by atoms with Gasteiger partial charge in [0.1, 0.15) is 17.0 Å². The third-order valence-electron chi connectivity index (χ3n) is 4.74. The summed E-state index contributed by atoms with van der Waals surface area (Å²) in [6.45, 7) is 2.32. The molecule has 1 aromatic carbocycles. The number of fused-ring (bicyclic) bond motifs is 3. The summed E-state index contributed by atoms with van der Waals surface area (Å²) in [5.41, 5.74) is 2.34. The minimum atomic E-state index is 0.693. The molecule has 0 amide bonds. The van der Waals surface area contributed by atoms with Crippen molar-refractivity contribution in [3.8, 4) is 11.5 Å². The maximum Gasteiger partial charge on any atom is 0.162 e. The van der Waals surface area contributed by atoms with E-state index < -0.39 is 0 Å². The van der Waals surface area contributed by atoms with Crippen LogP contribution in [0, 0.1) is 5.92 Å². The molecule has 4 rings (SSSR count). The fourth-order valence-electron chi connectivity index (χ4n) is 3.42. The predicted octanol–water partition coefficient (Wildman–Crippen LogP) is 4.58. The van der Waals surface area contributed by atoms with E-state index in [1.807, 2.05) is 18.2 Å². The topological polar surface area (TPSA) is 56.3 Å². The number of benzene rings is 1. The quantitative estimate of drug-likeness (QED) is 0.742. The average Bonchev–Trinajstić information content (AvgIpc) is 2.99. The lowest BCUT2D eigenvalue weighted by Crippen LogP contribution is -2.09. The molecule has 1 unspecified atom stereocenters. The first kappa shape index (κ1) is 16.1. The van der Waals surface area contributed by atoms with E-state index >= 15 is 0 Å². The van der Waals surface area contributed by atoms with E-state index in [1.165, 1.54) is 22.2 Å². The molecule has 1 aliphatic rings. The van der Waals surface area contributed by atoms with Crippen molar-refractivity contribution in [2.24, 2.45) is 5.92 Å². The number of ether oxygens (including phenoxy) is 2. The van der Waals surface area contributed by atoms with Gasteiger partial charge in [0.05, 0.1) is 19.6 Å². The van der Waals surface area contributed by atoms with Gasteiger partial charge in [-0.25, -0.2) is 9.97 Å². The molecule has 5 nitrogen and oxygen atoms in total. The van der Waals surface area contributed by atoms with Crippen LogP contribution >= 0.6 is 11.3 Å². The highest BCUT2D eigenvalue weighted by Gasteiger charge is 2.23. The Morgan fingerprint density at radius 2 is 2.00 bits per heavy atom. The lowest BCUT2D eigenvalue weighted by Gasteiger charge is -2.18. The van der Waals surface area contributed by atoms with E-state index in [0.717, 1.165) is 35.1 Å².